The Kier molecular flexibility index (Phi) is 24.9. The monoisotopic (exact) mass is 996 g/mol. The Morgan fingerprint density at radius 2 is 0.803 bits per heavy atom. The minimum Gasteiger partial charge on any atom is -0.491 e. The lowest BCUT2D eigenvalue weighted by Crippen LogP contribution is -2.31. The minimum absolute atomic E-state index is 0.0191. The van der Waals surface area contributed by atoms with E-state index in [-0.39, 0.29) is 131 Å². The molecule has 0 bridgehead atoms. The molecule has 0 aromatic heterocycles. The van der Waals surface area contributed by atoms with Crippen LogP contribution < -0.4 is 9.47 Å². The van der Waals surface area contributed by atoms with E-state index in [0.29, 0.717) is 37.9 Å². The highest BCUT2D eigenvalue weighted by Crippen LogP contribution is 2.33. The van der Waals surface area contributed by atoms with Crippen molar-refractivity contribution in [2.45, 2.75) is 83.6 Å². The van der Waals surface area contributed by atoms with E-state index in [9.17, 15) is 19.2 Å². The van der Waals surface area contributed by atoms with Crippen LogP contribution in [0.15, 0.2) is 97.1 Å². The molecule has 2 heterocycles. The summed E-state index contributed by atoms with van der Waals surface area (Å²) in [6.45, 7) is 28.1. The van der Waals surface area contributed by atoms with Crippen molar-refractivity contribution in [3.8, 4) is 11.5 Å². The van der Waals surface area contributed by atoms with Gasteiger partial charge in [0.25, 0.3) is 0 Å². The highest BCUT2D eigenvalue weighted by Gasteiger charge is 2.28. The molecule has 2 aromatic rings. The second kappa shape index (κ2) is 30.4. The summed E-state index contributed by atoms with van der Waals surface area (Å²) in [4.78, 5) is 47.9. The largest absolute Gasteiger partial charge is 0.491 e. The number of esters is 4. The van der Waals surface area contributed by atoms with Crippen LogP contribution in [0.2, 0.25) is 0 Å². The Labute approximate surface area is 417 Å². The number of epoxide rings is 2. The van der Waals surface area contributed by atoms with Crippen LogP contribution in [0.5, 0.6) is 11.5 Å². The van der Waals surface area contributed by atoms with E-state index >= 15 is 0 Å². The first-order chi connectivity index (χ1) is 33.9. The molecule has 0 saturated carbocycles. The zero-order valence-electron chi connectivity index (χ0n) is 42.1. The van der Waals surface area contributed by atoms with Crippen molar-refractivity contribution in [3.05, 3.63) is 108 Å². The fraction of sp³-hybridized carbons (Fsp3) is 0.547. The van der Waals surface area contributed by atoms with Crippen LogP contribution in [-0.2, 0) is 81.4 Å². The zero-order chi connectivity index (χ0) is 51.8. The van der Waals surface area contributed by atoms with Gasteiger partial charge in [-0.2, -0.15) is 0 Å². The van der Waals surface area contributed by atoms with Gasteiger partial charge in [-0.15, -0.1) is 0 Å². The number of hydrogen-bond donors (Lipinski definition) is 0. The molecule has 0 spiro atoms. The summed E-state index contributed by atoms with van der Waals surface area (Å²) in [6, 6.07) is 15.9. The standard InChI is InChI=1S/C53H72O18/c1-35(2)49(54)68-33-47(70-51(56)37(5)6)25-60-21-19-58-23-43(64-29-45-31-66-45)27-62-41-15-11-39(12-16-41)53(9,10)40-13-17-42(18-14-40)63-28-44(65-30-46-32-67-46)24-59-20-22-61-26-48(71-52(57)38(7)8)34-69-50(55)36(3)4/h11-18,43-48H,1,3,5,7,19-34H2,2,4,6,8-10H3. The van der Waals surface area contributed by atoms with Crippen molar-refractivity contribution in [1.82, 2.24) is 0 Å². The van der Waals surface area contributed by atoms with Gasteiger partial charge in [-0.3, -0.25) is 0 Å². The number of carbonyl (C=O) groups is 4. The van der Waals surface area contributed by atoms with Crippen LogP contribution in [0, 0.1) is 0 Å². The topological polar surface area (TPSA) is 204 Å². The van der Waals surface area contributed by atoms with Gasteiger partial charge in [0.1, 0.15) is 62.3 Å². The number of benzene rings is 2. The number of ether oxygens (including phenoxy) is 14. The lowest BCUT2D eigenvalue weighted by Gasteiger charge is -2.27. The molecule has 392 valence electrons. The molecule has 18 heteroatoms. The molecule has 71 heavy (non-hydrogen) atoms. The van der Waals surface area contributed by atoms with Crippen molar-refractivity contribution in [1.29, 1.82) is 0 Å². The quantitative estimate of drug-likeness (QED) is 0.0263. The van der Waals surface area contributed by atoms with Crippen LogP contribution in [-0.4, -0.2) is 166 Å². The van der Waals surface area contributed by atoms with Crippen molar-refractivity contribution >= 4 is 23.9 Å². The first-order valence-corrected chi connectivity index (χ1v) is 23.5. The maximum atomic E-state index is 12.1. The third-order valence-electron chi connectivity index (χ3n) is 10.6. The average molecular weight is 997 g/mol. The summed E-state index contributed by atoms with van der Waals surface area (Å²) in [6.07, 6.45) is -2.32. The minimum atomic E-state index is -0.833. The van der Waals surface area contributed by atoms with Crippen LogP contribution in [0.25, 0.3) is 0 Å². The highest BCUT2D eigenvalue weighted by atomic mass is 16.6. The molecule has 0 amide bonds. The molecular formula is C53H72O18. The molecule has 2 saturated heterocycles. The van der Waals surface area contributed by atoms with Crippen LogP contribution in [0.4, 0.5) is 0 Å². The summed E-state index contributed by atoms with van der Waals surface area (Å²) >= 11 is 0. The van der Waals surface area contributed by atoms with Gasteiger partial charge in [0, 0.05) is 27.7 Å². The number of carbonyl (C=O) groups excluding carboxylic acids is 4. The van der Waals surface area contributed by atoms with Gasteiger partial charge in [-0.1, -0.05) is 64.4 Å². The first kappa shape index (κ1) is 58.1. The van der Waals surface area contributed by atoms with Crippen LogP contribution in [0.3, 0.4) is 0 Å². The zero-order valence-corrected chi connectivity index (χ0v) is 42.1. The van der Waals surface area contributed by atoms with Gasteiger partial charge in [-0.05, 0) is 63.1 Å². The van der Waals surface area contributed by atoms with E-state index in [1.165, 1.54) is 27.7 Å². The maximum absolute atomic E-state index is 12.1. The predicted octanol–water partition coefficient (Wildman–Crippen LogP) is 5.62. The summed E-state index contributed by atoms with van der Waals surface area (Å²) < 4.78 is 79.1. The van der Waals surface area contributed by atoms with E-state index in [2.05, 4.69) is 40.2 Å². The molecule has 6 unspecified atom stereocenters. The summed E-state index contributed by atoms with van der Waals surface area (Å²) in [7, 11) is 0. The molecule has 6 atom stereocenters. The first-order valence-electron chi connectivity index (χ1n) is 23.5. The van der Waals surface area contributed by atoms with E-state index in [1.807, 2.05) is 48.5 Å². The number of hydrogen-bond acceptors (Lipinski definition) is 18. The molecule has 0 radical (unpaired) electrons. The fourth-order valence-electron chi connectivity index (χ4n) is 6.00. The third-order valence-corrected chi connectivity index (χ3v) is 10.6. The normalized spacial score (nSPS) is 16.6. The molecule has 2 aliphatic heterocycles. The third kappa shape index (κ3) is 23.1. The molecule has 0 aliphatic carbocycles. The summed E-state index contributed by atoms with van der Waals surface area (Å²) in [5.74, 6) is -1.08. The van der Waals surface area contributed by atoms with Gasteiger partial charge in [-0.25, -0.2) is 19.2 Å². The second-order valence-corrected chi connectivity index (χ2v) is 17.8. The molecule has 18 nitrogen and oxygen atoms in total. The van der Waals surface area contributed by atoms with Crippen LogP contribution >= 0.6 is 0 Å². The Morgan fingerprint density at radius 3 is 1.10 bits per heavy atom. The van der Waals surface area contributed by atoms with Gasteiger partial charge in [0.05, 0.1) is 79.3 Å². The molecule has 0 N–H and O–H groups in total. The van der Waals surface area contributed by atoms with Gasteiger partial charge >= 0.3 is 23.9 Å². The van der Waals surface area contributed by atoms with Crippen molar-refractivity contribution in [2.75, 3.05) is 106 Å². The Bertz CT molecular complexity index is 1890. The predicted molar refractivity (Wildman–Crippen MR) is 259 cm³/mol. The van der Waals surface area contributed by atoms with E-state index in [0.717, 1.165) is 11.1 Å². The van der Waals surface area contributed by atoms with Gasteiger partial charge in [0.15, 0.2) is 12.2 Å². The Balaban J connectivity index is 1.20. The van der Waals surface area contributed by atoms with Crippen molar-refractivity contribution < 1.29 is 85.5 Å². The maximum Gasteiger partial charge on any atom is 0.333 e. The van der Waals surface area contributed by atoms with Gasteiger partial charge < -0.3 is 66.3 Å². The fourth-order valence-corrected chi connectivity index (χ4v) is 6.00. The van der Waals surface area contributed by atoms with E-state index in [1.54, 1.807) is 0 Å². The summed E-state index contributed by atoms with van der Waals surface area (Å²) in [5, 5.41) is 0. The Hall–Kier alpha value is -5.44. The van der Waals surface area contributed by atoms with E-state index in [4.69, 9.17) is 66.3 Å². The Morgan fingerprint density at radius 1 is 0.493 bits per heavy atom. The van der Waals surface area contributed by atoms with Crippen molar-refractivity contribution in [3.63, 3.8) is 0 Å². The number of rotatable bonds is 38. The molecule has 2 aliphatic rings. The van der Waals surface area contributed by atoms with Crippen LogP contribution in [0.1, 0.15) is 52.7 Å². The average Bonchev–Trinajstić information content (AvgIpc) is 4.30. The lowest BCUT2D eigenvalue weighted by atomic mass is 9.78. The van der Waals surface area contributed by atoms with Gasteiger partial charge in [0.2, 0.25) is 0 Å². The van der Waals surface area contributed by atoms with Crippen molar-refractivity contribution in [2.24, 2.45) is 0 Å². The molecule has 2 fully saturated rings. The molecule has 2 aromatic carbocycles. The molecule has 4 rings (SSSR count). The lowest BCUT2D eigenvalue weighted by molar-refractivity contribution is -0.158. The smallest absolute Gasteiger partial charge is 0.333 e. The molecular weight excluding hydrogens is 925 g/mol. The SMILES string of the molecule is C=C(C)C(=O)OCC(COCCOCC(COc1ccc(C(C)(C)c2ccc(OCC(COCCOCC(COC(=O)C(=C)C)OC(=O)C(=C)C)OCC3CO3)cc2)cc1)OCC1CO1)OC(=O)C(=C)C. The van der Waals surface area contributed by atoms with E-state index < -0.39 is 36.1 Å². The second-order valence-electron chi connectivity index (χ2n) is 17.8. The summed E-state index contributed by atoms with van der Waals surface area (Å²) in [5.41, 5.74) is 2.68. The highest BCUT2D eigenvalue weighted by molar-refractivity contribution is 5.88.